The second-order valence-electron chi connectivity index (χ2n) is 5.94. The number of thiophene rings is 1. The van der Waals surface area contributed by atoms with Crippen LogP contribution < -0.4 is 0 Å². The lowest BCUT2D eigenvalue weighted by Gasteiger charge is -2.26. The van der Waals surface area contributed by atoms with Crippen LogP contribution in [0.1, 0.15) is 49.4 Å². The molecule has 0 fully saturated rings. The summed E-state index contributed by atoms with van der Waals surface area (Å²) in [5.41, 5.74) is 0.774. The average molecular weight is 307 g/mol. The number of carbonyl (C=O) groups excluding carboxylic acids is 1. The maximum Gasteiger partial charge on any atom is 0.265 e. The molecule has 0 aliphatic rings. The highest BCUT2D eigenvalue weighted by atomic mass is 32.1. The third-order valence-electron chi connectivity index (χ3n) is 2.78. The minimum absolute atomic E-state index is 0.0488. The van der Waals surface area contributed by atoms with Crippen LogP contribution in [0.25, 0.3) is 0 Å². The lowest BCUT2D eigenvalue weighted by molar-refractivity contribution is 0.0720. The summed E-state index contributed by atoms with van der Waals surface area (Å²) in [4.78, 5) is 15.4. The standard InChI is InChI=1S/C17H25NO2S/c1-13(2)11-18(12-14(3)4)17(20)16-15(8-10-21-16)7-5-6-9-19/h8,10,13-14,19H,6,9,11-12H2,1-4H3. The minimum atomic E-state index is 0.0488. The number of carbonyl (C=O) groups is 1. The van der Waals surface area contributed by atoms with Gasteiger partial charge >= 0.3 is 0 Å². The maximum atomic E-state index is 12.7. The van der Waals surface area contributed by atoms with E-state index in [4.69, 9.17) is 5.11 Å². The fourth-order valence-electron chi connectivity index (χ4n) is 2.05. The van der Waals surface area contributed by atoms with Gasteiger partial charge in [0.15, 0.2) is 0 Å². The first-order valence-electron chi connectivity index (χ1n) is 7.42. The molecule has 0 aromatic carbocycles. The Morgan fingerprint density at radius 1 is 1.29 bits per heavy atom. The summed E-state index contributed by atoms with van der Waals surface area (Å²) in [7, 11) is 0. The van der Waals surface area contributed by atoms with E-state index >= 15 is 0 Å². The van der Waals surface area contributed by atoms with Crippen LogP contribution >= 0.6 is 11.3 Å². The van der Waals surface area contributed by atoms with Crippen LogP contribution in [-0.2, 0) is 0 Å². The van der Waals surface area contributed by atoms with Crippen molar-refractivity contribution in [3.63, 3.8) is 0 Å². The molecule has 1 N–H and O–H groups in total. The lowest BCUT2D eigenvalue weighted by atomic mass is 10.1. The molecule has 1 heterocycles. The van der Waals surface area contributed by atoms with Crippen molar-refractivity contribution in [2.45, 2.75) is 34.1 Å². The molecule has 0 radical (unpaired) electrons. The predicted molar refractivity (Wildman–Crippen MR) is 88.5 cm³/mol. The molecule has 0 bridgehead atoms. The Bertz CT molecular complexity index is 498. The fourth-order valence-corrected chi connectivity index (χ4v) is 2.87. The molecule has 0 saturated heterocycles. The zero-order valence-corrected chi connectivity index (χ0v) is 14.2. The summed E-state index contributed by atoms with van der Waals surface area (Å²) in [6, 6.07) is 1.88. The molecule has 0 saturated carbocycles. The topological polar surface area (TPSA) is 40.5 Å². The van der Waals surface area contributed by atoms with E-state index < -0.39 is 0 Å². The number of nitrogens with zero attached hydrogens (tertiary/aromatic N) is 1. The minimum Gasteiger partial charge on any atom is -0.395 e. The van der Waals surface area contributed by atoms with E-state index in [1.807, 2.05) is 16.3 Å². The van der Waals surface area contributed by atoms with Crippen molar-refractivity contribution in [2.75, 3.05) is 19.7 Å². The van der Waals surface area contributed by atoms with Crippen LogP contribution in [0.3, 0.4) is 0 Å². The molecule has 21 heavy (non-hydrogen) atoms. The molecule has 4 heteroatoms. The number of hydrogen-bond acceptors (Lipinski definition) is 3. The zero-order valence-electron chi connectivity index (χ0n) is 13.3. The Morgan fingerprint density at radius 3 is 2.43 bits per heavy atom. The van der Waals surface area contributed by atoms with Crippen molar-refractivity contribution in [3.8, 4) is 11.8 Å². The van der Waals surface area contributed by atoms with Gasteiger partial charge in [0.1, 0.15) is 4.88 Å². The van der Waals surface area contributed by atoms with Gasteiger partial charge in [0.25, 0.3) is 5.91 Å². The van der Waals surface area contributed by atoms with Gasteiger partial charge in [0.05, 0.1) is 6.61 Å². The molecule has 1 rings (SSSR count). The van der Waals surface area contributed by atoms with Gasteiger partial charge in [-0.05, 0) is 23.3 Å². The van der Waals surface area contributed by atoms with Crippen molar-refractivity contribution in [1.82, 2.24) is 4.90 Å². The lowest BCUT2D eigenvalue weighted by Crippen LogP contribution is -2.36. The highest BCUT2D eigenvalue weighted by Gasteiger charge is 2.21. The zero-order chi connectivity index (χ0) is 15.8. The van der Waals surface area contributed by atoms with E-state index in [0.717, 1.165) is 18.7 Å². The van der Waals surface area contributed by atoms with E-state index in [2.05, 4.69) is 39.5 Å². The van der Waals surface area contributed by atoms with E-state index in [9.17, 15) is 4.79 Å². The van der Waals surface area contributed by atoms with Crippen molar-refractivity contribution in [1.29, 1.82) is 0 Å². The van der Waals surface area contributed by atoms with E-state index in [-0.39, 0.29) is 12.5 Å². The summed E-state index contributed by atoms with van der Waals surface area (Å²) >= 11 is 1.44. The predicted octanol–water partition coefficient (Wildman–Crippen LogP) is 3.24. The van der Waals surface area contributed by atoms with E-state index in [0.29, 0.717) is 23.1 Å². The first-order valence-corrected chi connectivity index (χ1v) is 8.30. The van der Waals surface area contributed by atoms with Gasteiger partial charge in [0.2, 0.25) is 0 Å². The molecule has 0 aliphatic carbocycles. The quantitative estimate of drug-likeness (QED) is 0.820. The van der Waals surface area contributed by atoms with Crippen LogP contribution in [0, 0.1) is 23.7 Å². The number of amides is 1. The van der Waals surface area contributed by atoms with Crippen molar-refractivity contribution in [2.24, 2.45) is 11.8 Å². The molecule has 0 aliphatic heterocycles. The van der Waals surface area contributed by atoms with E-state index in [1.165, 1.54) is 11.3 Å². The molecule has 116 valence electrons. The first kappa shape index (κ1) is 17.7. The smallest absolute Gasteiger partial charge is 0.265 e. The summed E-state index contributed by atoms with van der Waals surface area (Å²) in [6.45, 7) is 10.1. The van der Waals surface area contributed by atoms with E-state index in [1.54, 1.807) is 0 Å². The van der Waals surface area contributed by atoms with Crippen molar-refractivity contribution in [3.05, 3.63) is 21.9 Å². The number of aliphatic hydroxyl groups excluding tert-OH is 1. The number of rotatable bonds is 6. The largest absolute Gasteiger partial charge is 0.395 e. The highest BCUT2D eigenvalue weighted by molar-refractivity contribution is 7.12. The molecular formula is C17H25NO2S. The van der Waals surface area contributed by atoms with Gasteiger partial charge in [-0.3, -0.25) is 4.79 Å². The van der Waals surface area contributed by atoms with Crippen LogP contribution in [0.2, 0.25) is 0 Å². The Hall–Kier alpha value is -1.31. The molecule has 0 spiro atoms. The molecular weight excluding hydrogens is 282 g/mol. The Morgan fingerprint density at radius 2 is 1.90 bits per heavy atom. The monoisotopic (exact) mass is 307 g/mol. The first-order chi connectivity index (χ1) is 9.95. The Labute approximate surface area is 132 Å². The summed E-state index contributed by atoms with van der Waals surface area (Å²) in [5, 5.41) is 10.7. The summed E-state index contributed by atoms with van der Waals surface area (Å²) in [5.74, 6) is 6.83. The second-order valence-corrected chi connectivity index (χ2v) is 6.85. The average Bonchev–Trinajstić information content (AvgIpc) is 2.84. The Kier molecular flexibility index (Phi) is 7.49. The van der Waals surface area contributed by atoms with Crippen LogP contribution in [0.15, 0.2) is 11.4 Å². The molecule has 0 atom stereocenters. The Balaban J connectivity index is 2.94. The summed E-state index contributed by atoms with van der Waals surface area (Å²) < 4.78 is 0. The van der Waals surface area contributed by atoms with Gasteiger partial charge in [-0.15, -0.1) is 11.3 Å². The highest BCUT2D eigenvalue weighted by Crippen LogP contribution is 2.20. The second kappa shape index (κ2) is 8.86. The van der Waals surface area contributed by atoms with Crippen LogP contribution in [-0.4, -0.2) is 35.6 Å². The number of hydrogen-bond donors (Lipinski definition) is 1. The third kappa shape index (κ3) is 5.91. The van der Waals surface area contributed by atoms with Crippen LogP contribution in [0.4, 0.5) is 0 Å². The third-order valence-corrected chi connectivity index (χ3v) is 3.68. The molecule has 1 amide bonds. The molecule has 0 unspecified atom stereocenters. The molecule has 3 nitrogen and oxygen atoms in total. The van der Waals surface area contributed by atoms with Gasteiger partial charge in [-0.1, -0.05) is 39.5 Å². The van der Waals surface area contributed by atoms with Crippen molar-refractivity contribution >= 4 is 17.2 Å². The van der Waals surface area contributed by atoms with Crippen LogP contribution in [0.5, 0.6) is 0 Å². The normalized spacial score (nSPS) is 10.6. The fraction of sp³-hybridized carbons (Fsp3) is 0.588. The van der Waals surface area contributed by atoms with Gasteiger partial charge < -0.3 is 10.0 Å². The SMILES string of the molecule is CC(C)CN(CC(C)C)C(=O)c1sccc1C#CCCO. The van der Waals surface area contributed by atoms with Gasteiger partial charge in [-0.2, -0.15) is 0 Å². The summed E-state index contributed by atoms with van der Waals surface area (Å²) in [6.07, 6.45) is 0.436. The molecule has 1 aromatic rings. The van der Waals surface area contributed by atoms with Crippen molar-refractivity contribution < 1.29 is 9.90 Å². The number of aliphatic hydroxyl groups is 1. The molecule has 1 aromatic heterocycles. The van der Waals surface area contributed by atoms with Gasteiger partial charge in [-0.25, -0.2) is 0 Å². The van der Waals surface area contributed by atoms with Gasteiger partial charge in [0, 0.05) is 25.1 Å². The maximum absolute atomic E-state index is 12.7.